The highest BCUT2D eigenvalue weighted by Gasteiger charge is 2.04. The SMILES string of the molecule is CC(=O)O[C@@H](C)OCc1ccc(Br)cc1. The summed E-state index contributed by atoms with van der Waals surface area (Å²) in [5, 5.41) is 0. The number of hydrogen-bond acceptors (Lipinski definition) is 3. The zero-order valence-corrected chi connectivity index (χ0v) is 10.3. The number of carbonyl (C=O) groups excluding carboxylic acids is 1. The summed E-state index contributed by atoms with van der Waals surface area (Å²) in [5.41, 5.74) is 1.04. The molecular weight excluding hydrogens is 260 g/mol. The summed E-state index contributed by atoms with van der Waals surface area (Å²) in [4.78, 5) is 10.6. The van der Waals surface area contributed by atoms with E-state index in [1.165, 1.54) is 6.92 Å². The van der Waals surface area contributed by atoms with Crippen LogP contribution in [0.15, 0.2) is 28.7 Å². The van der Waals surface area contributed by atoms with Crippen molar-refractivity contribution in [2.24, 2.45) is 0 Å². The summed E-state index contributed by atoms with van der Waals surface area (Å²) in [6.45, 7) is 3.49. The lowest BCUT2D eigenvalue weighted by atomic mass is 10.2. The quantitative estimate of drug-likeness (QED) is 0.625. The monoisotopic (exact) mass is 272 g/mol. The third kappa shape index (κ3) is 4.95. The zero-order valence-electron chi connectivity index (χ0n) is 8.70. The van der Waals surface area contributed by atoms with Crippen molar-refractivity contribution < 1.29 is 14.3 Å². The van der Waals surface area contributed by atoms with Gasteiger partial charge >= 0.3 is 5.97 Å². The van der Waals surface area contributed by atoms with Crippen molar-refractivity contribution in [3.63, 3.8) is 0 Å². The lowest BCUT2D eigenvalue weighted by Crippen LogP contribution is -2.15. The van der Waals surface area contributed by atoms with Crippen LogP contribution >= 0.6 is 15.9 Å². The van der Waals surface area contributed by atoms with Gasteiger partial charge in [-0.1, -0.05) is 28.1 Å². The van der Waals surface area contributed by atoms with Gasteiger partial charge in [0.1, 0.15) is 0 Å². The molecule has 15 heavy (non-hydrogen) atoms. The first kappa shape index (κ1) is 12.2. The minimum atomic E-state index is -0.508. The summed E-state index contributed by atoms with van der Waals surface area (Å²) in [6, 6.07) is 7.78. The van der Waals surface area contributed by atoms with Gasteiger partial charge in [-0.25, -0.2) is 0 Å². The van der Waals surface area contributed by atoms with Crippen molar-refractivity contribution in [1.29, 1.82) is 0 Å². The topological polar surface area (TPSA) is 35.5 Å². The summed E-state index contributed by atoms with van der Waals surface area (Å²) in [7, 11) is 0. The molecule has 82 valence electrons. The van der Waals surface area contributed by atoms with Crippen LogP contribution in [0.2, 0.25) is 0 Å². The van der Waals surface area contributed by atoms with Crippen LogP contribution in [-0.2, 0) is 20.9 Å². The van der Waals surface area contributed by atoms with Gasteiger partial charge in [0.2, 0.25) is 0 Å². The number of hydrogen-bond donors (Lipinski definition) is 0. The molecule has 0 radical (unpaired) electrons. The molecule has 0 saturated heterocycles. The molecule has 3 nitrogen and oxygen atoms in total. The van der Waals surface area contributed by atoms with Crippen LogP contribution < -0.4 is 0 Å². The molecule has 0 spiro atoms. The second-order valence-electron chi connectivity index (χ2n) is 3.11. The smallest absolute Gasteiger partial charge is 0.304 e. The molecule has 0 amide bonds. The molecule has 1 atom stereocenters. The molecule has 0 unspecified atom stereocenters. The molecule has 0 bridgehead atoms. The van der Waals surface area contributed by atoms with Crippen molar-refractivity contribution in [3.8, 4) is 0 Å². The van der Waals surface area contributed by atoms with Crippen LogP contribution in [0.4, 0.5) is 0 Å². The standard InChI is InChI=1S/C11H13BrO3/c1-8(13)15-9(2)14-7-10-3-5-11(12)6-4-10/h3-6,9H,7H2,1-2H3/t9-/m0/s1. The van der Waals surface area contributed by atoms with Crippen LogP contribution in [0.3, 0.4) is 0 Å². The summed E-state index contributed by atoms with van der Waals surface area (Å²) in [5.74, 6) is -0.335. The van der Waals surface area contributed by atoms with Crippen LogP contribution in [-0.4, -0.2) is 12.3 Å². The number of esters is 1. The van der Waals surface area contributed by atoms with E-state index in [9.17, 15) is 4.79 Å². The van der Waals surface area contributed by atoms with E-state index < -0.39 is 6.29 Å². The largest absolute Gasteiger partial charge is 0.436 e. The van der Waals surface area contributed by atoms with Crippen molar-refractivity contribution in [2.45, 2.75) is 26.7 Å². The molecule has 0 fully saturated rings. The van der Waals surface area contributed by atoms with Gasteiger partial charge in [0.25, 0.3) is 0 Å². The molecule has 0 saturated carbocycles. The van der Waals surface area contributed by atoms with Crippen molar-refractivity contribution in [2.75, 3.05) is 0 Å². The molecule has 1 aromatic carbocycles. The highest BCUT2D eigenvalue weighted by molar-refractivity contribution is 9.10. The third-order valence-corrected chi connectivity index (χ3v) is 2.26. The Morgan fingerprint density at radius 2 is 2.00 bits per heavy atom. The predicted octanol–water partition coefficient (Wildman–Crippen LogP) is 2.87. The van der Waals surface area contributed by atoms with E-state index in [0.717, 1.165) is 10.0 Å². The minimum Gasteiger partial charge on any atom is -0.436 e. The van der Waals surface area contributed by atoms with Crippen molar-refractivity contribution in [3.05, 3.63) is 34.3 Å². The van der Waals surface area contributed by atoms with E-state index in [0.29, 0.717) is 6.61 Å². The van der Waals surface area contributed by atoms with Crippen LogP contribution in [0, 0.1) is 0 Å². The molecule has 0 aliphatic carbocycles. The highest BCUT2D eigenvalue weighted by Crippen LogP contribution is 2.11. The molecular formula is C11H13BrO3. The first-order valence-corrected chi connectivity index (χ1v) is 5.40. The number of benzene rings is 1. The minimum absolute atomic E-state index is 0.335. The molecule has 0 heterocycles. The van der Waals surface area contributed by atoms with E-state index in [-0.39, 0.29) is 5.97 Å². The fourth-order valence-corrected chi connectivity index (χ4v) is 1.33. The third-order valence-electron chi connectivity index (χ3n) is 1.73. The number of ether oxygens (including phenoxy) is 2. The van der Waals surface area contributed by atoms with Gasteiger partial charge in [-0.2, -0.15) is 0 Å². The maximum absolute atomic E-state index is 10.6. The highest BCUT2D eigenvalue weighted by atomic mass is 79.9. The Labute approximate surface area is 97.5 Å². The van der Waals surface area contributed by atoms with Gasteiger partial charge in [-0.3, -0.25) is 4.79 Å². The lowest BCUT2D eigenvalue weighted by Gasteiger charge is -2.12. The van der Waals surface area contributed by atoms with Gasteiger partial charge in [-0.05, 0) is 24.6 Å². The fraction of sp³-hybridized carbons (Fsp3) is 0.364. The van der Waals surface area contributed by atoms with E-state index in [1.54, 1.807) is 6.92 Å². The van der Waals surface area contributed by atoms with E-state index in [2.05, 4.69) is 15.9 Å². The molecule has 0 aliphatic rings. The van der Waals surface area contributed by atoms with Gasteiger partial charge in [-0.15, -0.1) is 0 Å². The first-order chi connectivity index (χ1) is 7.08. The molecule has 0 aromatic heterocycles. The Kier molecular flexibility index (Phi) is 4.78. The Hall–Kier alpha value is -0.870. The average molecular weight is 273 g/mol. The van der Waals surface area contributed by atoms with Crippen LogP contribution in [0.1, 0.15) is 19.4 Å². The Balaban J connectivity index is 2.36. The van der Waals surface area contributed by atoms with Gasteiger partial charge < -0.3 is 9.47 Å². The second kappa shape index (κ2) is 5.88. The molecule has 4 heteroatoms. The van der Waals surface area contributed by atoms with Crippen LogP contribution in [0.5, 0.6) is 0 Å². The van der Waals surface area contributed by atoms with Crippen molar-refractivity contribution in [1.82, 2.24) is 0 Å². The average Bonchev–Trinajstić information content (AvgIpc) is 2.16. The maximum atomic E-state index is 10.6. The molecule has 1 rings (SSSR count). The Morgan fingerprint density at radius 1 is 1.40 bits per heavy atom. The maximum Gasteiger partial charge on any atom is 0.304 e. The first-order valence-electron chi connectivity index (χ1n) is 4.61. The number of halogens is 1. The van der Waals surface area contributed by atoms with Gasteiger partial charge in [0.15, 0.2) is 6.29 Å². The predicted molar refractivity (Wildman–Crippen MR) is 60.2 cm³/mol. The fourth-order valence-electron chi connectivity index (χ4n) is 1.06. The van der Waals surface area contributed by atoms with E-state index in [1.807, 2.05) is 24.3 Å². The number of carbonyl (C=O) groups is 1. The van der Waals surface area contributed by atoms with Crippen LogP contribution in [0.25, 0.3) is 0 Å². The molecule has 0 N–H and O–H groups in total. The Morgan fingerprint density at radius 3 is 2.53 bits per heavy atom. The van der Waals surface area contributed by atoms with E-state index >= 15 is 0 Å². The van der Waals surface area contributed by atoms with Gasteiger partial charge in [0, 0.05) is 11.4 Å². The summed E-state index contributed by atoms with van der Waals surface area (Å²) >= 11 is 3.35. The van der Waals surface area contributed by atoms with E-state index in [4.69, 9.17) is 9.47 Å². The summed E-state index contributed by atoms with van der Waals surface area (Å²) < 4.78 is 11.2. The summed E-state index contributed by atoms with van der Waals surface area (Å²) in [6.07, 6.45) is -0.508. The molecule has 0 aliphatic heterocycles. The zero-order chi connectivity index (χ0) is 11.3. The molecule has 1 aromatic rings. The number of rotatable bonds is 4. The normalized spacial score (nSPS) is 12.2. The lowest BCUT2D eigenvalue weighted by molar-refractivity contribution is -0.174. The van der Waals surface area contributed by atoms with Gasteiger partial charge in [0.05, 0.1) is 6.61 Å². The second-order valence-corrected chi connectivity index (χ2v) is 4.03. The Bertz CT molecular complexity index is 321. The van der Waals surface area contributed by atoms with Crippen molar-refractivity contribution >= 4 is 21.9 Å².